The van der Waals surface area contributed by atoms with Crippen LogP contribution >= 0.6 is 39.5 Å². The highest BCUT2D eigenvalue weighted by Gasteiger charge is 2.37. The zero-order valence-electron chi connectivity index (χ0n) is 11.3. The van der Waals surface area contributed by atoms with E-state index in [1.165, 1.54) is 15.6 Å². The van der Waals surface area contributed by atoms with E-state index in [0.717, 1.165) is 9.35 Å². The number of hydrogen-bond donors (Lipinski definition) is 1. The zero-order chi connectivity index (χ0) is 15.1. The first kappa shape index (κ1) is 16.4. The van der Waals surface area contributed by atoms with Gasteiger partial charge in [-0.1, -0.05) is 19.1 Å². The average molecular weight is 397 g/mol. The summed E-state index contributed by atoms with van der Waals surface area (Å²) in [6, 6.07) is 1.71. The van der Waals surface area contributed by atoms with Gasteiger partial charge in [-0.15, -0.1) is 11.3 Å². The van der Waals surface area contributed by atoms with Crippen LogP contribution in [0.1, 0.15) is 25.3 Å². The highest BCUT2D eigenvalue weighted by Crippen LogP contribution is 2.36. The number of hydrogen-bond acceptors (Lipinski definition) is 4. The fourth-order valence-corrected chi connectivity index (χ4v) is 6.18. The third kappa shape index (κ3) is 2.94. The first-order valence-electron chi connectivity index (χ1n) is 6.23. The Morgan fingerprint density at radius 1 is 1.50 bits per heavy atom. The first-order valence-corrected chi connectivity index (χ1v) is 9.68. The molecule has 0 amide bonds. The van der Waals surface area contributed by atoms with Crippen molar-refractivity contribution in [1.29, 1.82) is 0 Å². The maximum atomic E-state index is 12.6. The highest BCUT2D eigenvalue weighted by molar-refractivity contribution is 9.11. The molecule has 0 aromatic carbocycles. The van der Waals surface area contributed by atoms with Gasteiger partial charge in [0.25, 0.3) is 10.0 Å². The summed E-state index contributed by atoms with van der Waals surface area (Å²) in [4.78, 5) is 0.476. The molecular formula is C12H17BrN2O2S3. The van der Waals surface area contributed by atoms with Gasteiger partial charge in [0.05, 0.1) is 8.77 Å². The van der Waals surface area contributed by atoms with Gasteiger partial charge in [0.1, 0.15) is 4.21 Å². The molecule has 2 heterocycles. The molecule has 0 aliphatic carbocycles. The lowest BCUT2D eigenvalue weighted by atomic mass is 9.81. The molecule has 0 spiro atoms. The number of rotatable bonds is 3. The molecule has 1 saturated heterocycles. The van der Waals surface area contributed by atoms with E-state index in [9.17, 15) is 8.42 Å². The van der Waals surface area contributed by atoms with E-state index >= 15 is 0 Å². The van der Waals surface area contributed by atoms with Crippen LogP contribution in [0.2, 0.25) is 0 Å². The summed E-state index contributed by atoms with van der Waals surface area (Å²) in [5.74, 6) is 0. The Bertz CT molecular complexity index is 612. The van der Waals surface area contributed by atoms with Crippen LogP contribution in [-0.2, 0) is 10.0 Å². The first-order chi connectivity index (χ1) is 9.17. The Balaban J connectivity index is 2.19. The van der Waals surface area contributed by atoms with Crippen LogP contribution < -0.4 is 5.73 Å². The number of thiophene rings is 1. The predicted molar refractivity (Wildman–Crippen MR) is 89.6 cm³/mol. The van der Waals surface area contributed by atoms with Crippen molar-refractivity contribution in [3.63, 3.8) is 0 Å². The molecule has 8 heteroatoms. The van der Waals surface area contributed by atoms with Crippen LogP contribution in [0.15, 0.2) is 14.1 Å². The van der Waals surface area contributed by atoms with Gasteiger partial charge < -0.3 is 5.73 Å². The molecule has 0 bridgehead atoms. The summed E-state index contributed by atoms with van der Waals surface area (Å²) in [5, 5.41) is 0. The highest BCUT2D eigenvalue weighted by atomic mass is 79.9. The maximum Gasteiger partial charge on any atom is 0.252 e. The van der Waals surface area contributed by atoms with E-state index in [4.69, 9.17) is 18.0 Å². The second kappa shape index (κ2) is 5.64. The van der Waals surface area contributed by atoms with Crippen LogP contribution in [0.3, 0.4) is 0 Å². The van der Waals surface area contributed by atoms with Crippen molar-refractivity contribution in [2.24, 2.45) is 11.1 Å². The topological polar surface area (TPSA) is 63.4 Å². The van der Waals surface area contributed by atoms with E-state index in [1.54, 1.807) is 6.07 Å². The van der Waals surface area contributed by atoms with Gasteiger partial charge in [0, 0.05) is 18.5 Å². The molecule has 2 N–H and O–H groups in total. The minimum Gasteiger partial charge on any atom is -0.393 e. The molecule has 4 nitrogen and oxygen atoms in total. The largest absolute Gasteiger partial charge is 0.393 e. The zero-order valence-corrected chi connectivity index (χ0v) is 15.4. The van der Waals surface area contributed by atoms with Gasteiger partial charge >= 0.3 is 0 Å². The molecule has 1 fully saturated rings. The molecule has 1 aromatic heterocycles. The number of piperidine rings is 1. The molecule has 0 saturated carbocycles. The number of thiocarbonyl (C=S) groups is 1. The second-order valence-electron chi connectivity index (χ2n) is 5.35. The van der Waals surface area contributed by atoms with Crippen LogP contribution in [-0.4, -0.2) is 30.8 Å². The summed E-state index contributed by atoms with van der Waals surface area (Å²) >= 11 is 9.71. The second-order valence-corrected chi connectivity index (χ2v) is 10.3. The van der Waals surface area contributed by atoms with Crippen LogP contribution in [0.25, 0.3) is 0 Å². The quantitative estimate of drug-likeness (QED) is 0.797. The van der Waals surface area contributed by atoms with Crippen molar-refractivity contribution >= 4 is 54.5 Å². The normalized spacial score (nSPS) is 19.9. The van der Waals surface area contributed by atoms with Gasteiger partial charge in [-0.2, -0.15) is 4.31 Å². The van der Waals surface area contributed by atoms with Gasteiger partial charge in [0.15, 0.2) is 0 Å². The lowest BCUT2D eigenvalue weighted by Gasteiger charge is -2.37. The Labute approximate surface area is 137 Å². The van der Waals surface area contributed by atoms with Gasteiger partial charge in [-0.3, -0.25) is 0 Å². The molecule has 20 heavy (non-hydrogen) atoms. The Hall–Kier alpha value is -0.0200. The number of nitrogens with zero attached hydrogens (tertiary/aromatic N) is 1. The SMILES string of the molecule is Cc1cc(S(=O)(=O)N2CCC(C)(C(N)=S)CC2)sc1Br. The van der Waals surface area contributed by atoms with E-state index in [-0.39, 0.29) is 5.41 Å². The molecule has 112 valence electrons. The summed E-state index contributed by atoms with van der Waals surface area (Å²) < 4.78 is 28.0. The lowest BCUT2D eigenvalue weighted by molar-refractivity contribution is 0.244. The van der Waals surface area contributed by atoms with Gasteiger partial charge in [0.2, 0.25) is 0 Å². The smallest absolute Gasteiger partial charge is 0.252 e. The van der Waals surface area contributed by atoms with Crippen molar-refractivity contribution in [1.82, 2.24) is 4.31 Å². The van der Waals surface area contributed by atoms with Gasteiger partial charge in [-0.25, -0.2) is 8.42 Å². The molecule has 0 radical (unpaired) electrons. The lowest BCUT2D eigenvalue weighted by Crippen LogP contribution is -2.46. The standard InChI is InChI=1S/C12H17BrN2O2S3/c1-8-7-9(19-10(8)13)20(16,17)15-5-3-12(2,4-6-15)11(14)18/h7H,3-6H2,1-2H3,(H2,14,18). The fraction of sp³-hybridized carbons (Fsp3) is 0.583. The Kier molecular flexibility index (Phi) is 4.61. The fourth-order valence-electron chi connectivity index (χ4n) is 2.15. The van der Waals surface area contributed by atoms with E-state index in [0.29, 0.717) is 35.1 Å². The van der Waals surface area contributed by atoms with Crippen LogP contribution in [0.4, 0.5) is 0 Å². The number of sulfonamides is 1. The summed E-state index contributed by atoms with van der Waals surface area (Å²) in [6.45, 7) is 4.82. The van der Waals surface area contributed by atoms with E-state index in [2.05, 4.69) is 15.9 Å². The van der Waals surface area contributed by atoms with E-state index in [1.807, 2.05) is 13.8 Å². The molecule has 0 atom stereocenters. The Morgan fingerprint density at radius 3 is 2.45 bits per heavy atom. The summed E-state index contributed by atoms with van der Waals surface area (Å²) in [6.07, 6.45) is 1.35. The minimum atomic E-state index is -3.40. The van der Waals surface area contributed by atoms with E-state index < -0.39 is 10.0 Å². The van der Waals surface area contributed by atoms with Crippen LogP contribution in [0.5, 0.6) is 0 Å². The average Bonchev–Trinajstić information content (AvgIpc) is 2.71. The molecule has 2 rings (SSSR count). The third-order valence-electron chi connectivity index (χ3n) is 3.85. The molecule has 1 aromatic rings. The van der Waals surface area contributed by atoms with Gasteiger partial charge in [-0.05, 0) is 47.3 Å². The summed E-state index contributed by atoms with van der Waals surface area (Å²) in [5.41, 5.74) is 6.46. The molecular weight excluding hydrogens is 380 g/mol. The minimum absolute atomic E-state index is 0.229. The Morgan fingerprint density at radius 2 is 2.05 bits per heavy atom. The monoisotopic (exact) mass is 396 g/mol. The van der Waals surface area contributed by atoms with Crippen molar-refractivity contribution < 1.29 is 8.42 Å². The molecule has 0 unspecified atom stereocenters. The molecule has 1 aliphatic rings. The maximum absolute atomic E-state index is 12.6. The number of aryl methyl sites for hydroxylation is 1. The summed E-state index contributed by atoms with van der Waals surface area (Å²) in [7, 11) is -3.40. The molecule has 1 aliphatic heterocycles. The van der Waals surface area contributed by atoms with Crippen molar-refractivity contribution in [2.75, 3.05) is 13.1 Å². The number of nitrogens with two attached hydrogens (primary N) is 1. The number of halogens is 1. The van der Waals surface area contributed by atoms with Crippen molar-refractivity contribution in [3.8, 4) is 0 Å². The predicted octanol–water partition coefficient (Wildman–Crippen LogP) is 2.90. The van der Waals surface area contributed by atoms with Crippen molar-refractivity contribution in [2.45, 2.75) is 30.9 Å². The van der Waals surface area contributed by atoms with Crippen LogP contribution in [0, 0.1) is 12.3 Å². The van der Waals surface area contributed by atoms with Crippen molar-refractivity contribution in [3.05, 3.63) is 15.4 Å². The third-order valence-corrected chi connectivity index (χ3v) is 8.83.